The topological polar surface area (TPSA) is 33.3 Å². The summed E-state index contributed by atoms with van der Waals surface area (Å²) in [6.07, 6.45) is 4.04. The number of benzene rings is 1. The fourth-order valence-corrected chi connectivity index (χ4v) is 2.85. The number of hydrogen-bond acceptors (Lipinski definition) is 3. The average Bonchev–Trinajstić information content (AvgIpc) is 2.84. The summed E-state index contributed by atoms with van der Waals surface area (Å²) in [5.74, 6) is 0.952. The van der Waals surface area contributed by atoms with Gasteiger partial charge in [0.15, 0.2) is 0 Å². The van der Waals surface area contributed by atoms with E-state index in [2.05, 4.69) is 56.5 Å². The van der Waals surface area contributed by atoms with Gasteiger partial charge in [0.05, 0.1) is 6.10 Å². The highest BCUT2D eigenvalue weighted by Gasteiger charge is 2.17. The second-order valence-corrected chi connectivity index (χ2v) is 6.22. The van der Waals surface area contributed by atoms with Crippen molar-refractivity contribution in [3.05, 3.63) is 23.8 Å². The Hall–Kier alpha value is -1.22. The van der Waals surface area contributed by atoms with Crippen molar-refractivity contribution in [2.45, 2.75) is 65.1 Å². The molecule has 1 fully saturated rings. The van der Waals surface area contributed by atoms with Gasteiger partial charge in [-0.25, -0.2) is 0 Å². The van der Waals surface area contributed by atoms with Gasteiger partial charge in [-0.3, -0.25) is 0 Å². The van der Waals surface area contributed by atoms with Crippen molar-refractivity contribution in [3.8, 4) is 5.75 Å². The van der Waals surface area contributed by atoms with Crippen LogP contribution >= 0.6 is 0 Å². The highest BCUT2D eigenvalue weighted by Crippen LogP contribution is 2.24. The molecule has 0 bridgehead atoms. The van der Waals surface area contributed by atoms with E-state index in [9.17, 15) is 0 Å². The zero-order valence-corrected chi connectivity index (χ0v) is 13.2. The van der Waals surface area contributed by atoms with Gasteiger partial charge in [-0.2, -0.15) is 0 Å². The van der Waals surface area contributed by atoms with Crippen molar-refractivity contribution in [3.63, 3.8) is 0 Å². The SMILES string of the molecule is Cc1cc(OC(C)C)ccc1NC(C)CC1CCCN1. The van der Waals surface area contributed by atoms with Crippen LogP contribution < -0.4 is 15.4 Å². The number of hydrogen-bond donors (Lipinski definition) is 2. The fourth-order valence-electron chi connectivity index (χ4n) is 2.85. The predicted molar refractivity (Wildman–Crippen MR) is 85.7 cm³/mol. The second-order valence-electron chi connectivity index (χ2n) is 6.22. The minimum absolute atomic E-state index is 0.223. The third kappa shape index (κ3) is 4.41. The molecule has 1 saturated heterocycles. The summed E-state index contributed by atoms with van der Waals surface area (Å²) < 4.78 is 5.72. The molecule has 0 saturated carbocycles. The normalized spacial score (nSPS) is 20.1. The molecule has 1 aliphatic heterocycles. The molecule has 20 heavy (non-hydrogen) atoms. The molecule has 0 amide bonds. The first-order chi connectivity index (χ1) is 9.54. The molecule has 0 radical (unpaired) electrons. The van der Waals surface area contributed by atoms with Gasteiger partial charge < -0.3 is 15.4 Å². The average molecular weight is 276 g/mol. The Morgan fingerprint density at radius 2 is 2.15 bits per heavy atom. The van der Waals surface area contributed by atoms with E-state index in [4.69, 9.17) is 4.74 Å². The number of aryl methyl sites for hydroxylation is 1. The molecule has 3 heteroatoms. The van der Waals surface area contributed by atoms with Gasteiger partial charge in [0.2, 0.25) is 0 Å². The lowest BCUT2D eigenvalue weighted by Crippen LogP contribution is -2.29. The number of nitrogens with one attached hydrogen (secondary N) is 2. The van der Waals surface area contributed by atoms with Crippen LogP contribution in [0, 0.1) is 6.92 Å². The second kappa shape index (κ2) is 6.98. The van der Waals surface area contributed by atoms with Crippen molar-refractivity contribution in [1.29, 1.82) is 0 Å². The molecule has 0 spiro atoms. The molecule has 2 atom stereocenters. The molecule has 1 aromatic carbocycles. The lowest BCUT2D eigenvalue weighted by atomic mass is 10.1. The Balaban J connectivity index is 1.91. The first kappa shape index (κ1) is 15.2. The maximum absolute atomic E-state index is 5.72. The maximum Gasteiger partial charge on any atom is 0.120 e. The summed E-state index contributed by atoms with van der Waals surface area (Å²) in [4.78, 5) is 0. The Kier molecular flexibility index (Phi) is 5.30. The number of ether oxygens (including phenoxy) is 1. The summed E-state index contributed by atoms with van der Waals surface area (Å²) in [6, 6.07) is 7.47. The smallest absolute Gasteiger partial charge is 0.120 e. The van der Waals surface area contributed by atoms with Crippen molar-refractivity contribution in [2.75, 3.05) is 11.9 Å². The van der Waals surface area contributed by atoms with Crippen LogP contribution in [0.5, 0.6) is 5.75 Å². The van der Waals surface area contributed by atoms with E-state index < -0.39 is 0 Å². The first-order valence-electron chi connectivity index (χ1n) is 7.82. The van der Waals surface area contributed by atoms with Crippen LogP contribution in [0.1, 0.15) is 45.6 Å². The zero-order valence-electron chi connectivity index (χ0n) is 13.2. The van der Waals surface area contributed by atoms with E-state index in [1.165, 1.54) is 37.1 Å². The molecule has 0 aliphatic carbocycles. The molecule has 0 aromatic heterocycles. The van der Waals surface area contributed by atoms with Gasteiger partial charge >= 0.3 is 0 Å². The van der Waals surface area contributed by atoms with E-state index in [1.54, 1.807) is 0 Å². The lowest BCUT2D eigenvalue weighted by Gasteiger charge is -2.21. The van der Waals surface area contributed by atoms with Crippen molar-refractivity contribution >= 4 is 5.69 Å². The van der Waals surface area contributed by atoms with Crippen LogP contribution in [0.4, 0.5) is 5.69 Å². The molecule has 1 aromatic rings. The van der Waals surface area contributed by atoms with Crippen molar-refractivity contribution < 1.29 is 4.74 Å². The molecule has 1 heterocycles. The van der Waals surface area contributed by atoms with Crippen LogP contribution in [0.2, 0.25) is 0 Å². The van der Waals surface area contributed by atoms with E-state index >= 15 is 0 Å². The van der Waals surface area contributed by atoms with Crippen LogP contribution in [0.15, 0.2) is 18.2 Å². The van der Waals surface area contributed by atoms with Crippen molar-refractivity contribution in [1.82, 2.24) is 5.32 Å². The third-order valence-corrected chi connectivity index (χ3v) is 3.77. The van der Waals surface area contributed by atoms with E-state index in [1.807, 2.05) is 0 Å². The minimum atomic E-state index is 0.223. The predicted octanol–water partition coefficient (Wildman–Crippen LogP) is 3.72. The largest absolute Gasteiger partial charge is 0.491 e. The van der Waals surface area contributed by atoms with Gasteiger partial charge in [0.1, 0.15) is 5.75 Å². The molecule has 2 unspecified atom stereocenters. The van der Waals surface area contributed by atoms with Crippen LogP contribution in [-0.4, -0.2) is 24.7 Å². The summed E-state index contributed by atoms with van der Waals surface area (Å²) >= 11 is 0. The van der Waals surface area contributed by atoms with Gasteiger partial charge in [0.25, 0.3) is 0 Å². The number of anilines is 1. The third-order valence-electron chi connectivity index (χ3n) is 3.77. The summed E-state index contributed by atoms with van der Waals surface area (Å²) in [6.45, 7) is 9.68. The highest BCUT2D eigenvalue weighted by molar-refractivity contribution is 5.54. The Bertz CT molecular complexity index is 425. The van der Waals surface area contributed by atoms with E-state index in [0.29, 0.717) is 12.1 Å². The molecule has 1 aliphatic rings. The van der Waals surface area contributed by atoms with Crippen LogP contribution in [0.3, 0.4) is 0 Å². The van der Waals surface area contributed by atoms with Crippen molar-refractivity contribution in [2.24, 2.45) is 0 Å². The standard InChI is InChI=1S/C17H28N2O/c1-12(2)20-16-7-8-17(13(3)10-16)19-14(4)11-15-6-5-9-18-15/h7-8,10,12,14-15,18-19H,5-6,9,11H2,1-4H3. The molecular formula is C17H28N2O. The Morgan fingerprint density at radius 1 is 1.35 bits per heavy atom. The monoisotopic (exact) mass is 276 g/mol. The summed E-state index contributed by atoms with van der Waals surface area (Å²) in [7, 11) is 0. The molecule has 2 rings (SSSR count). The molecule has 3 nitrogen and oxygen atoms in total. The van der Waals surface area contributed by atoms with Gasteiger partial charge in [-0.05, 0) is 77.3 Å². The molecule has 112 valence electrons. The summed E-state index contributed by atoms with van der Waals surface area (Å²) in [5, 5.41) is 7.18. The van der Waals surface area contributed by atoms with E-state index in [0.717, 1.165) is 5.75 Å². The summed E-state index contributed by atoms with van der Waals surface area (Å²) in [5.41, 5.74) is 2.46. The maximum atomic E-state index is 5.72. The quantitative estimate of drug-likeness (QED) is 0.830. The Morgan fingerprint density at radius 3 is 2.75 bits per heavy atom. The van der Waals surface area contributed by atoms with Crippen LogP contribution in [-0.2, 0) is 0 Å². The molecule has 2 N–H and O–H groups in total. The van der Waals surface area contributed by atoms with Gasteiger partial charge in [-0.1, -0.05) is 0 Å². The zero-order chi connectivity index (χ0) is 14.5. The van der Waals surface area contributed by atoms with E-state index in [-0.39, 0.29) is 6.10 Å². The Labute approximate surface area is 123 Å². The molecular weight excluding hydrogens is 248 g/mol. The fraction of sp³-hybridized carbons (Fsp3) is 0.647. The lowest BCUT2D eigenvalue weighted by molar-refractivity contribution is 0.242. The van der Waals surface area contributed by atoms with Gasteiger partial charge in [0, 0.05) is 17.8 Å². The first-order valence-corrected chi connectivity index (χ1v) is 7.82. The highest BCUT2D eigenvalue weighted by atomic mass is 16.5. The number of rotatable bonds is 6. The minimum Gasteiger partial charge on any atom is -0.491 e. The van der Waals surface area contributed by atoms with Crippen LogP contribution in [0.25, 0.3) is 0 Å². The van der Waals surface area contributed by atoms with Gasteiger partial charge in [-0.15, -0.1) is 0 Å².